The number of aryl methyl sites for hydroxylation is 1. The van der Waals surface area contributed by atoms with Crippen LogP contribution in [0.15, 0.2) is 64.6 Å². The van der Waals surface area contributed by atoms with Crippen molar-refractivity contribution in [3.05, 3.63) is 76.2 Å². The Morgan fingerprint density at radius 3 is 2.59 bits per heavy atom. The van der Waals surface area contributed by atoms with E-state index in [1.807, 2.05) is 30.3 Å². The normalized spacial score (nSPS) is 11.6. The van der Waals surface area contributed by atoms with Crippen molar-refractivity contribution < 1.29 is 4.79 Å². The van der Waals surface area contributed by atoms with E-state index in [2.05, 4.69) is 26.5 Å². The van der Waals surface area contributed by atoms with Crippen molar-refractivity contribution in [1.82, 2.24) is 9.99 Å². The largest absolute Gasteiger partial charge is 0.318 e. The number of carbonyl (C=O) groups is 1. The highest BCUT2D eigenvalue weighted by atomic mass is 79.9. The smallest absolute Gasteiger partial charge is 0.272 e. The van der Waals surface area contributed by atoms with Gasteiger partial charge in [0, 0.05) is 30.0 Å². The fraction of sp³-hybridized carbons (Fsp3) is 0.0625. The van der Waals surface area contributed by atoms with Gasteiger partial charge in [-0.1, -0.05) is 46.3 Å². The summed E-state index contributed by atoms with van der Waals surface area (Å²) in [6.45, 7) is 0. The fourth-order valence-electron chi connectivity index (χ4n) is 1.68. The van der Waals surface area contributed by atoms with E-state index in [1.54, 1.807) is 13.1 Å². The van der Waals surface area contributed by atoms with Gasteiger partial charge in [-0.15, -0.1) is 0 Å². The van der Waals surface area contributed by atoms with E-state index in [9.17, 15) is 9.59 Å². The molecule has 0 fully saturated rings. The Balaban J connectivity index is 1.98. The van der Waals surface area contributed by atoms with Crippen LogP contribution in [0.2, 0.25) is 0 Å². The van der Waals surface area contributed by atoms with Crippen molar-refractivity contribution in [2.45, 2.75) is 0 Å². The quantitative estimate of drug-likeness (QED) is 0.673. The van der Waals surface area contributed by atoms with Gasteiger partial charge in [0.1, 0.15) is 0 Å². The Kier molecular flexibility index (Phi) is 5.43. The molecule has 0 saturated heterocycles. The minimum Gasteiger partial charge on any atom is -0.318 e. The third-order valence-electron chi connectivity index (χ3n) is 2.86. The molecule has 1 N–H and O–H groups in total. The van der Waals surface area contributed by atoms with Gasteiger partial charge in [-0.25, -0.2) is 5.43 Å². The lowest BCUT2D eigenvalue weighted by atomic mass is 10.2. The number of nitrogens with zero attached hydrogens (tertiary/aromatic N) is 2. The molecule has 6 heteroatoms. The minimum absolute atomic E-state index is 0.172. The van der Waals surface area contributed by atoms with Crippen LogP contribution in [-0.4, -0.2) is 16.7 Å². The molecule has 0 saturated carbocycles. The van der Waals surface area contributed by atoms with Crippen LogP contribution < -0.4 is 11.0 Å². The summed E-state index contributed by atoms with van der Waals surface area (Å²) in [5.74, 6) is -0.379. The lowest BCUT2D eigenvalue weighted by Crippen LogP contribution is -2.22. The van der Waals surface area contributed by atoms with E-state index in [1.165, 1.54) is 29.1 Å². The van der Waals surface area contributed by atoms with Crippen LogP contribution in [0.1, 0.15) is 15.9 Å². The molecule has 0 radical (unpaired) electrons. The molecule has 0 aliphatic heterocycles. The Bertz CT molecular complexity index is 779. The van der Waals surface area contributed by atoms with Crippen molar-refractivity contribution in [1.29, 1.82) is 0 Å². The lowest BCUT2D eigenvalue weighted by Gasteiger charge is -2.01. The average molecular weight is 360 g/mol. The first kappa shape index (κ1) is 15.9. The van der Waals surface area contributed by atoms with Crippen LogP contribution in [0.3, 0.4) is 0 Å². The van der Waals surface area contributed by atoms with E-state index in [4.69, 9.17) is 0 Å². The van der Waals surface area contributed by atoms with Crippen molar-refractivity contribution in [3.8, 4) is 0 Å². The van der Waals surface area contributed by atoms with Gasteiger partial charge in [-0.3, -0.25) is 9.59 Å². The molecule has 0 spiro atoms. The Labute approximate surface area is 136 Å². The number of rotatable bonds is 4. The van der Waals surface area contributed by atoms with E-state index in [-0.39, 0.29) is 11.5 Å². The fourth-order valence-corrected chi connectivity index (χ4v) is 2.07. The molecule has 5 nitrogen and oxygen atoms in total. The number of allylic oxidation sites excluding steroid dienone is 1. The zero-order valence-corrected chi connectivity index (χ0v) is 13.4. The summed E-state index contributed by atoms with van der Waals surface area (Å²) in [7, 11) is 1.59. The van der Waals surface area contributed by atoms with Gasteiger partial charge in [0.2, 0.25) is 5.56 Å². The third-order valence-corrected chi connectivity index (χ3v) is 3.58. The molecule has 0 unspecified atom stereocenters. The monoisotopic (exact) mass is 359 g/mol. The Morgan fingerprint density at radius 1 is 1.18 bits per heavy atom. The molecule has 1 aromatic carbocycles. The lowest BCUT2D eigenvalue weighted by molar-refractivity contribution is 0.0954. The molecule has 0 aliphatic rings. The van der Waals surface area contributed by atoms with Gasteiger partial charge in [0.15, 0.2) is 0 Å². The highest BCUT2D eigenvalue weighted by molar-refractivity contribution is 9.15. The Morgan fingerprint density at radius 2 is 1.91 bits per heavy atom. The van der Waals surface area contributed by atoms with E-state index < -0.39 is 0 Å². The zero-order valence-electron chi connectivity index (χ0n) is 11.9. The summed E-state index contributed by atoms with van der Waals surface area (Å²) < 4.78 is 2.19. The number of carbonyl (C=O) groups excluding carboxylic acids is 1. The van der Waals surface area contributed by atoms with Gasteiger partial charge >= 0.3 is 0 Å². The van der Waals surface area contributed by atoms with Crippen molar-refractivity contribution in [2.75, 3.05) is 0 Å². The van der Waals surface area contributed by atoms with Crippen molar-refractivity contribution in [2.24, 2.45) is 12.1 Å². The molecule has 0 aliphatic carbocycles. The molecule has 2 aromatic rings. The van der Waals surface area contributed by atoms with Gasteiger partial charge in [-0.05, 0) is 17.7 Å². The number of hydrogen-bond acceptors (Lipinski definition) is 3. The molecule has 0 atom stereocenters. The summed E-state index contributed by atoms with van der Waals surface area (Å²) >= 11 is 3.43. The zero-order chi connectivity index (χ0) is 15.9. The predicted molar refractivity (Wildman–Crippen MR) is 91.0 cm³/mol. The summed E-state index contributed by atoms with van der Waals surface area (Å²) in [4.78, 5) is 23.1. The maximum atomic E-state index is 11.9. The molecule has 2 rings (SSSR count). The predicted octanol–water partition coefficient (Wildman–Crippen LogP) is 2.54. The first-order valence-electron chi connectivity index (χ1n) is 6.49. The molecule has 22 heavy (non-hydrogen) atoms. The molecular weight excluding hydrogens is 346 g/mol. The van der Waals surface area contributed by atoms with Crippen LogP contribution in [-0.2, 0) is 7.05 Å². The first-order valence-corrected chi connectivity index (χ1v) is 7.28. The number of halogens is 1. The van der Waals surface area contributed by atoms with E-state index in [0.29, 0.717) is 5.56 Å². The summed E-state index contributed by atoms with van der Waals surface area (Å²) in [5, 5.41) is 3.85. The van der Waals surface area contributed by atoms with Crippen LogP contribution in [0, 0.1) is 0 Å². The van der Waals surface area contributed by atoms with Crippen molar-refractivity contribution in [3.63, 3.8) is 0 Å². The molecule has 0 bridgehead atoms. The van der Waals surface area contributed by atoms with E-state index >= 15 is 0 Å². The van der Waals surface area contributed by atoms with Crippen LogP contribution in [0.5, 0.6) is 0 Å². The van der Waals surface area contributed by atoms with Gasteiger partial charge in [0.25, 0.3) is 5.91 Å². The molecule has 112 valence electrons. The second kappa shape index (κ2) is 7.51. The number of benzene rings is 1. The molecule has 1 amide bonds. The SMILES string of the molecule is Cn1cc(C(=O)N/N=C/C=C(\Br)c2ccccc2)ccc1=O. The minimum atomic E-state index is -0.379. The van der Waals surface area contributed by atoms with Crippen LogP contribution in [0.25, 0.3) is 4.48 Å². The standard InChI is InChI=1S/C16H14BrN3O2/c1-20-11-13(7-8-15(20)21)16(22)19-18-10-9-14(17)12-5-3-2-4-6-12/h2-11H,1H3,(H,19,22)/b14-9-,18-10+. The van der Waals surface area contributed by atoms with Crippen LogP contribution >= 0.6 is 15.9 Å². The van der Waals surface area contributed by atoms with Gasteiger partial charge in [-0.2, -0.15) is 5.10 Å². The average Bonchev–Trinajstić information content (AvgIpc) is 2.54. The molecule has 1 aromatic heterocycles. The van der Waals surface area contributed by atoms with E-state index in [0.717, 1.165) is 10.0 Å². The maximum absolute atomic E-state index is 11.9. The summed E-state index contributed by atoms with van der Waals surface area (Å²) in [6, 6.07) is 12.5. The second-order valence-corrected chi connectivity index (χ2v) is 5.32. The highest BCUT2D eigenvalue weighted by Crippen LogP contribution is 2.19. The van der Waals surface area contributed by atoms with Crippen molar-refractivity contribution >= 4 is 32.5 Å². The first-order chi connectivity index (χ1) is 10.6. The second-order valence-electron chi connectivity index (χ2n) is 4.47. The topological polar surface area (TPSA) is 63.5 Å². The number of nitrogens with one attached hydrogen (secondary N) is 1. The summed E-state index contributed by atoms with van der Waals surface area (Å²) in [6.07, 6.45) is 4.68. The Hall–Kier alpha value is -2.47. The van der Waals surface area contributed by atoms with Gasteiger partial charge in [0.05, 0.1) is 5.56 Å². The van der Waals surface area contributed by atoms with Gasteiger partial charge < -0.3 is 4.57 Å². The number of hydrogen-bond donors (Lipinski definition) is 1. The number of aromatic nitrogens is 1. The third kappa shape index (κ3) is 4.26. The maximum Gasteiger partial charge on any atom is 0.272 e. The number of pyridine rings is 1. The molecular formula is C16H14BrN3O2. The summed E-state index contributed by atoms with van der Waals surface area (Å²) in [5.41, 5.74) is 3.61. The molecule has 1 heterocycles. The highest BCUT2D eigenvalue weighted by Gasteiger charge is 2.04. The van der Waals surface area contributed by atoms with Crippen LogP contribution in [0.4, 0.5) is 0 Å². The number of amides is 1. The number of hydrazone groups is 1.